The molecule has 1 heterocycles. The molecule has 0 amide bonds. The summed E-state index contributed by atoms with van der Waals surface area (Å²) in [5.74, 6) is 1.49. The normalized spacial score (nSPS) is 25.9. The van der Waals surface area contributed by atoms with Gasteiger partial charge in [0.05, 0.1) is 7.11 Å². The molecule has 1 aromatic carbocycles. The van der Waals surface area contributed by atoms with E-state index in [-0.39, 0.29) is 0 Å². The first-order valence-corrected chi connectivity index (χ1v) is 5.80. The predicted molar refractivity (Wildman–Crippen MR) is 65.8 cm³/mol. The average molecular weight is 220 g/mol. The Labute approximate surface area is 97.2 Å². The second-order valence-electron chi connectivity index (χ2n) is 4.45. The number of nitrogens with two attached hydrogens (primary N) is 1. The van der Waals surface area contributed by atoms with Crippen LogP contribution in [0.3, 0.4) is 0 Å². The minimum Gasteiger partial charge on any atom is -0.497 e. The van der Waals surface area contributed by atoms with Crippen LogP contribution in [0, 0.1) is 0 Å². The van der Waals surface area contributed by atoms with Crippen molar-refractivity contribution in [3.05, 3.63) is 29.8 Å². The van der Waals surface area contributed by atoms with Gasteiger partial charge >= 0.3 is 0 Å². The van der Waals surface area contributed by atoms with Crippen LogP contribution in [0.1, 0.15) is 17.9 Å². The summed E-state index contributed by atoms with van der Waals surface area (Å²) in [7, 11) is 3.85. The van der Waals surface area contributed by atoms with Gasteiger partial charge in [0.15, 0.2) is 0 Å². The Morgan fingerprint density at radius 3 is 2.62 bits per heavy atom. The summed E-state index contributed by atoms with van der Waals surface area (Å²) in [6.45, 7) is 1.87. The summed E-state index contributed by atoms with van der Waals surface area (Å²) >= 11 is 0. The van der Waals surface area contributed by atoms with Gasteiger partial charge in [0, 0.05) is 18.5 Å². The van der Waals surface area contributed by atoms with E-state index in [0.29, 0.717) is 12.0 Å². The molecular formula is C13H20N2O. The van der Waals surface area contributed by atoms with Crippen molar-refractivity contribution in [2.75, 3.05) is 27.2 Å². The van der Waals surface area contributed by atoms with E-state index in [1.54, 1.807) is 7.11 Å². The first-order valence-electron chi connectivity index (χ1n) is 5.80. The lowest BCUT2D eigenvalue weighted by Crippen LogP contribution is -2.35. The standard InChI is InChI=1S/C13H20N2O/c1-15-8-7-12(13(15)9-14)10-3-5-11(16-2)6-4-10/h3-6,12-13H,7-9,14H2,1-2H3. The van der Waals surface area contributed by atoms with Gasteiger partial charge in [-0.2, -0.15) is 0 Å². The Balaban J connectivity index is 2.17. The van der Waals surface area contributed by atoms with Crippen molar-refractivity contribution in [3.63, 3.8) is 0 Å². The summed E-state index contributed by atoms with van der Waals surface area (Å²) in [5.41, 5.74) is 7.22. The fraction of sp³-hybridized carbons (Fsp3) is 0.538. The van der Waals surface area contributed by atoms with Crippen molar-refractivity contribution in [1.82, 2.24) is 4.90 Å². The molecule has 1 aromatic rings. The zero-order valence-electron chi connectivity index (χ0n) is 10.0. The number of likely N-dealkylation sites (N-methyl/N-ethyl adjacent to an activating group) is 1. The Bertz CT molecular complexity index is 336. The molecule has 0 aromatic heterocycles. The summed E-state index contributed by atoms with van der Waals surface area (Å²) in [4.78, 5) is 2.36. The molecule has 0 spiro atoms. The van der Waals surface area contributed by atoms with Crippen LogP contribution in [-0.4, -0.2) is 38.2 Å². The van der Waals surface area contributed by atoms with Crippen LogP contribution < -0.4 is 10.5 Å². The van der Waals surface area contributed by atoms with Crippen LogP contribution in [0.15, 0.2) is 24.3 Å². The van der Waals surface area contributed by atoms with Crippen molar-refractivity contribution in [3.8, 4) is 5.75 Å². The molecule has 1 fully saturated rings. The van der Waals surface area contributed by atoms with Crippen LogP contribution in [-0.2, 0) is 0 Å². The number of methoxy groups -OCH3 is 1. The lowest BCUT2D eigenvalue weighted by Gasteiger charge is -2.23. The van der Waals surface area contributed by atoms with Gasteiger partial charge in [0.25, 0.3) is 0 Å². The van der Waals surface area contributed by atoms with Gasteiger partial charge in [-0.3, -0.25) is 0 Å². The Morgan fingerprint density at radius 2 is 2.06 bits per heavy atom. The van der Waals surface area contributed by atoms with E-state index >= 15 is 0 Å². The molecule has 88 valence electrons. The number of benzene rings is 1. The van der Waals surface area contributed by atoms with E-state index in [0.717, 1.165) is 18.8 Å². The molecule has 1 saturated heterocycles. The molecule has 3 nitrogen and oxygen atoms in total. The van der Waals surface area contributed by atoms with Crippen molar-refractivity contribution >= 4 is 0 Å². The molecular weight excluding hydrogens is 200 g/mol. The molecule has 16 heavy (non-hydrogen) atoms. The third-order valence-corrected chi connectivity index (χ3v) is 3.61. The number of nitrogens with zero attached hydrogens (tertiary/aromatic N) is 1. The minimum absolute atomic E-state index is 0.480. The quantitative estimate of drug-likeness (QED) is 0.837. The molecule has 2 rings (SSSR count). The van der Waals surface area contributed by atoms with Crippen molar-refractivity contribution in [2.24, 2.45) is 5.73 Å². The fourth-order valence-electron chi connectivity index (χ4n) is 2.59. The number of ether oxygens (including phenoxy) is 1. The monoisotopic (exact) mass is 220 g/mol. The SMILES string of the molecule is COc1ccc(C2CCN(C)C2CN)cc1. The molecule has 2 atom stereocenters. The topological polar surface area (TPSA) is 38.5 Å². The first kappa shape index (κ1) is 11.4. The summed E-state index contributed by atoms with van der Waals surface area (Å²) in [6, 6.07) is 8.85. The third kappa shape index (κ3) is 2.06. The molecule has 3 heteroatoms. The molecule has 2 unspecified atom stereocenters. The Kier molecular flexibility index (Phi) is 3.46. The van der Waals surface area contributed by atoms with Gasteiger partial charge in [-0.25, -0.2) is 0 Å². The number of hydrogen-bond donors (Lipinski definition) is 1. The summed E-state index contributed by atoms with van der Waals surface area (Å²) in [5, 5.41) is 0. The second kappa shape index (κ2) is 4.85. The number of rotatable bonds is 3. The third-order valence-electron chi connectivity index (χ3n) is 3.61. The number of likely N-dealkylation sites (tertiary alicyclic amines) is 1. The Hall–Kier alpha value is -1.06. The zero-order valence-corrected chi connectivity index (χ0v) is 10.0. The maximum absolute atomic E-state index is 5.84. The highest BCUT2D eigenvalue weighted by atomic mass is 16.5. The highest BCUT2D eigenvalue weighted by Crippen LogP contribution is 2.32. The minimum atomic E-state index is 0.480. The molecule has 1 aliphatic heterocycles. The van der Waals surface area contributed by atoms with Gasteiger partial charge < -0.3 is 15.4 Å². The maximum Gasteiger partial charge on any atom is 0.118 e. The van der Waals surface area contributed by atoms with E-state index in [4.69, 9.17) is 10.5 Å². The second-order valence-corrected chi connectivity index (χ2v) is 4.45. The lowest BCUT2D eigenvalue weighted by atomic mass is 9.92. The Morgan fingerprint density at radius 1 is 1.38 bits per heavy atom. The van der Waals surface area contributed by atoms with Crippen LogP contribution in [0.4, 0.5) is 0 Å². The lowest BCUT2D eigenvalue weighted by molar-refractivity contribution is 0.303. The van der Waals surface area contributed by atoms with Crippen molar-refractivity contribution in [1.29, 1.82) is 0 Å². The van der Waals surface area contributed by atoms with Crippen molar-refractivity contribution < 1.29 is 4.74 Å². The highest BCUT2D eigenvalue weighted by Gasteiger charge is 2.31. The van der Waals surface area contributed by atoms with Crippen molar-refractivity contribution in [2.45, 2.75) is 18.4 Å². The van der Waals surface area contributed by atoms with Crippen LogP contribution >= 0.6 is 0 Å². The van der Waals surface area contributed by atoms with E-state index in [9.17, 15) is 0 Å². The summed E-state index contributed by atoms with van der Waals surface area (Å²) < 4.78 is 5.17. The number of hydrogen-bond acceptors (Lipinski definition) is 3. The van der Waals surface area contributed by atoms with Gasteiger partial charge in [-0.15, -0.1) is 0 Å². The fourth-order valence-corrected chi connectivity index (χ4v) is 2.59. The molecule has 1 aliphatic rings. The van der Waals surface area contributed by atoms with E-state index in [1.165, 1.54) is 12.0 Å². The van der Waals surface area contributed by atoms with Gasteiger partial charge in [-0.1, -0.05) is 12.1 Å². The van der Waals surface area contributed by atoms with Crippen LogP contribution in [0.25, 0.3) is 0 Å². The van der Waals surface area contributed by atoms with E-state index < -0.39 is 0 Å². The smallest absolute Gasteiger partial charge is 0.118 e. The predicted octanol–water partition coefficient (Wildman–Crippen LogP) is 1.44. The molecule has 0 saturated carbocycles. The zero-order chi connectivity index (χ0) is 11.5. The first-order chi connectivity index (χ1) is 7.76. The molecule has 0 aliphatic carbocycles. The molecule has 0 radical (unpaired) electrons. The molecule has 0 bridgehead atoms. The summed E-state index contributed by atoms with van der Waals surface area (Å²) in [6.07, 6.45) is 1.20. The highest BCUT2D eigenvalue weighted by molar-refractivity contribution is 5.31. The van der Waals surface area contributed by atoms with Gasteiger partial charge in [0.2, 0.25) is 0 Å². The maximum atomic E-state index is 5.84. The largest absolute Gasteiger partial charge is 0.497 e. The van der Waals surface area contributed by atoms with E-state index in [1.807, 2.05) is 12.1 Å². The van der Waals surface area contributed by atoms with Gasteiger partial charge in [0.1, 0.15) is 5.75 Å². The van der Waals surface area contributed by atoms with E-state index in [2.05, 4.69) is 24.1 Å². The average Bonchev–Trinajstić information content (AvgIpc) is 2.70. The van der Waals surface area contributed by atoms with Crippen LogP contribution in [0.2, 0.25) is 0 Å². The van der Waals surface area contributed by atoms with Gasteiger partial charge in [-0.05, 0) is 37.7 Å². The van der Waals surface area contributed by atoms with Crippen LogP contribution in [0.5, 0.6) is 5.75 Å². The molecule has 2 N–H and O–H groups in total.